The minimum Gasteiger partial charge on any atom is -0.357 e. The van der Waals surface area contributed by atoms with Gasteiger partial charge in [-0.2, -0.15) is 0 Å². The molecule has 26 heavy (non-hydrogen) atoms. The first-order chi connectivity index (χ1) is 11.8. The summed E-state index contributed by atoms with van der Waals surface area (Å²) in [6, 6.07) is 3.43. The molecule has 0 aliphatic heterocycles. The number of nitrogens with one attached hydrogen (secondary N) is 2. The molecule has 11 heteroatoms. The van der Waals surface area contributed by atoms with Gasteiger partial charge in [-0.3, -0.25) is 0 Å². The number of sulfonamides is 1. The molecule has 2 aromatic rings. The van der Waals surface area contributed by atoms with Crippen LogP contribution in [0.3, 0.4) is 0 Å². The largest absolute Gasteiger partial charge is 0.357 e. The standard InChI is InChI=1S/C15H23N5O2S3.HI/c1-5-16-15(19-10-13-17-8-11(2)23-13)18-9-12-6-7-14(24-12)25(21,22)20(3)4;/h6-8H,5,9-10H2,1-4H3,(H2,16,18,19);1H. The molecule has 0 bridgehead atoms. The predicted molar refractivity (Wildman–Crippen MR) is 119 cm³/mol. The highest BCUT2D eigenvalue weighted by molar-refractivity contribution is 14.0. The SMILES string of the molecule is CCNC(=NCc1ccc(S(=O)(=O)N(C)C)s1)NCc1ncc(C)s1.I. The van der Waals surface area contributed by atoms with Gasteiger partial charge in [-0.1, -0.05) is 0 Å². The van der Waals surface area contributed by atoms with Gasteiger partial charge in [-0.25, -0.2) is 22.7 Å². The van der Waals surface area contributed by atoms with E-state index in [0.29, 0.717) is 23.3 Å². The molecular weight excluding hydrogens is 505 g/mol. The quantitative estimate of drug-likeness (QED) is 0.327. The third-order valence-electron chi connectivity index (χ3n) is 3.19. The first-order valence-electron chi connectivity index (χ1n) is 7.77. The number of thiophene rings is 1. The summed E-state index contributed by atoms with van der Waals surface area (Å²) < 4.78 is 25.8. The van der Waals surface area contributed by atoms with Gasteiger partial charge < -0.3 is 10.6 Å². The van der Waals surface area contributed by atoms with E-state index in [1.807, 2.05) is 20.0 Å². The molecule has 7 nitrogen and oxygen atoms in total. The molecule has 2 aromatic heterocycles. The second-order valence-electron chi connectivity index (χ2n) is 5.42. The number of aromatic nitrogens is 1. The van der Waals surface area contributed by atoms with E-state index in [4.69, 9.17) is 0 Å². The number of hydrogen-bond donors (Lipinski definition) is 2. The van der Waals surface area contributed by atoms with Crippen molar-refractivity contribution in [1.29, 1.82) is 0 Å². The summed E-state index contributed by atoms with van der Waals surface area (Å²) in [7, 11) is -0.327. The molecule has 2 N–H and O–H groups in total. The highest BCUT2D eigenvalue weighted by Gasteiger charge is 2.19. The van der Waals surface area contributed by atoms with Gasteiger partial charge in [0.15, 0.2) is 5.96 Å². The van der Waals surface area contributed by atoms with Gasteiger partial charge in [0.2, 0.25) is 0 Å². The Morgan fingerprint density at radius 2 is 2.00 bits per heavy atom. The van der Waals surface area contributed by atoms with E-state index in [9.17, 15) is 8.42 Å². The van der Waals surface area contributed by atoms with Crippen LogP contribution < -0.4 is 10.6 Å². The molecule has 0 unspecified atom stereocenters. The molecule has 0 aliphatic rings. The molecule has 0 aromatic carbocycles. The number of halogens is 1. The fourth-order valence-corrected chi connectivity index (χ4v) is 5.08. The van der Waals surface area contributed by atoms with Gasteiger partial charge in [0, 0.05) is 36.6 Å². The Hall–Kier alpha value is -0.760. The van der Waals surface area contributed by atoms with Crippen molar-refractivity contribution in [3.05, 3.63) is 33.1 Å². The maximum absolute atomic E-state index is 12.1. The van der Waals surface area contributed by atoms with Gasteiger partial charge in [0.25, 0.3) is 10.0 Å². The van der Waals surface area contributed by atoms with Crippen molar-refractivity contribution in [2.24, 2.45) is 4.99 Å². The van der Waals surface area contributed by atoms with Crippen LogP contribution >= 0.6 is 46.7 Å². The summed E-state index contributed by atoms with van der Waals surface area (Å²) in [6.07, 6.45) is 1.85. The molecule has 0 saturated heterocycles. The summed E-state index contributed by atoms with van der Waals surface area (Å²) in [6.45, 7) is 5.79. The molecule has 0 spiro atoms. The Kier molecular flexibility index (Phi) is 9.44. The van der Waals surface area contributed by atoms with Crippen LogP contribution in [-0.4, -0.2) is 44.3 Å². The molecule has 146 valence electrons. The highest BCUT2D eigenvalue weighted by Crippen LogP contribution is 2.24. The van der Waals surface area contributed by atoms with E-state index in [1.165, 1.54) is 34.6 Å². The van der Waals surface area contributed by atoms with Gasteiger partial charge in [-0.15, -0.1) is 46.7 Å². The van der Waals surface area contributed by atoms with Crippen LogP contribution in [0, 0.1) is 6.92 Å². The lowest BCUT2D eigenvalue weighted by Gasteiger charge is -2.09. The first-order valence-corrected chi connectivity index (χ1v) is 10.8. The van der Waals surface area contributed by atoms with E-state index in [2.05, 4.69) is 20.6 Å². The van der Waals surface area contributed by atoms with Crippen LogP contribution in [0.5, 0.6) is 0 Å². The molecule has 2 rings (SSSR count). The average molecular weight is 529 g/mol. The molecule has 0 atom stereocenters. The van der Waals surface area contributed by atoms with Crippen molar-refractivity contribution < 1.29 is 8.42 Å². The van der Waals surface area contributed by atoms with E-state index in [-0.39, 0.29) is 24.0 Å². The van der Waals surface area contributed by atoms with E-state index in [0.717, 1.165) is 16.4 Å². The summed E-state index contributed by atoms with van der Waals surface area (Å²) in [4.78, 5) is 10.9. The van der Waals surface area contributed by atoms with Crippen molar-refractivity contribution in [2.75, 3.05) is 20.6 Å². The second-order valence-corrected chi connectivity index (χ2v) is 10.3. The monoisotopic (exact) mass is 529 g/mol. The Bertz CT molecular complexity index is 830. The molecule has 0 fully saturated rings. The number of thiazole rings is 1. The lowest BCUT2D eigenvalue weighted by molar-refractivity contribution is 0.523. The number of guanidine groups is 1. The Labute approximate surface area is 180 Å². The number of aryl methyl sites for hydroxylation is 1. The number of rotatable bonds is 7. The van der Waals surface area contributed by atoms with Crippen molar-refractivity contribution in [1.82, 2.24) is 19.9 Å². The van der Waals surface area contributed by atoms with Gasteiger partial charge >= 0.3 is 0 Å². The minimum atomic E-state index is -3.38. The van der Waals surface area contributed by atoms with Crippen LogP contribution in [0.15, 0.2) is 27.5 Å². The Morgan fingerprint density at radius 1 is 1.27 bits per heavy atom. The number of hydrogen-bond acceptors (Lipinski definition) is 6. The second kappa shape index (κ2) is 10.5. The molecule has 0 amide bonds. The minimum absolute atomic E-state index is 0. The van der Waals surface area contributed by atoms with Crippen molar-refractivity contribution in [3.63, 3.8) is 0 Å². The fourth-order valence-electron chi connectivity index (χ4n) is 1.90. The van der Waals surface area contributed by atoms with Crippen molar-refractivity contribution in [2.45, 2.75) is 31.1 Å². The van der Waals surface area contributed by atoms with Crippen LogP contribution in [0.1, 0.15) is 21.7 Å². The third kappa shape index (κ3) is 6.44. The smallest absolute Gasteiger partial charge is 0.252 e. The molecule has 0 aliphatic carbocycles. The topological polar surface area (TPSA) is 86.7 Å². The van der Waals surface area contributed by atoms with Gasteiger partial charge in [0.1, 0.15) is 9.22 Å². The zero-order chi connectivity index (χ0) is 18.4. The van der Waals surface area contributed by atoms with Gasteiger partial charge in [0.05, 0.1) is 13.1 Å². The zero-order valence-electron chi connectivity index (χ0n) is 15.1. The lowest BCUT2D eigenvalue weighted by atomic mass is 10.5. The molecule has 0 saturated carbocycles. The average Bonchev–Trinajstić information content (AvgIpc) is 3.19. The summed E-state index contributed by atoms with van der Waals surface area (Å²) in [5, 5.41) is 7.42. The highest BCUT2D eigenvalue weighted by atomic mass is 127. The summed E-state index contributed by atoms with van der Waals surface area (Å²) in [5.74, 6) is 0.681. The van der Waals surface area contributed by atoms with E-state index in [1.54, 1.807) is 23.5 Å². The maximum atomic E-state index is 12.1. The maximum Gasteiger partial charge on any atom is 0.252 e. The fraction of sp³-hybridized carbons (Fsp3) is 0.467. The molecule has 0 radical (unpaired) electrons. The number of aliphatic imine (C=N–C) groups is 1. The first kappa shape index (κ1) is 23.3. The summed E-state index contributed by atoms with van der Waals surface area (Å²) in [5.41, 5.74) is 0. The van der Waals surface area contributed by atoms with Crippen LogP contribution in [0.4, 0.5) is 0 Å². The predicted octanol–water partition coefficient (Wildman–Crippen LogP) is 2.64. The van der Waals surface area contributed by atoms with Gasteiger partial charge in [-0.05, 0) is 26.0 Å². The Morgan fingerprint density at radius 3 is 2.58 bits per heavy atom. The van der Waals surface area contributed by atoms with E-state index < -0.39 is 10.0 Å². The molecule has 2 heterocycles. The Balaban J connectivity index is 0.00000338. The van der Waals surface area contributed by atoms with Crippen LogP contribution in [-0.2, 0) is 23.1 Å². The zero-order valence-corrected chi connectivity index (χ0v) is 19.9. The summed E-state index contributed by atoms with van der Waals surface area (Å²) >= 11 is 2.89. The van der Waals surface area contributed by atoms with Crippen molar-refractivity contribution in [3.8, 4) is 0 Å². The van der Waals surface area contributed by atoms with Crippen LogP contribution in [0.2, 0.25) is 0 Å². The van der Waals surface area contributed by atoms with Crippen molar-refractivity contribution >= 4 is 62.6 Å². The normalized spacial score (nSPS) is 12.1. The number of nitrogens with zero attached hydrogens (tertiary/aromatic N) is 3. The third-order valence-corrected chi connectivity index (χ3v) is 7.45. The van der Waals surface area contributed by atoms with E-state index >= 15 is 0 Å². The lowest BCUT2D eigenvalue weighted by Crippen LogP contribution is -2.36. The van der Waals surface area contributed by atoms with Crippen LogP contribution in [0.25, 0.3) is 0 Å². The molecular formula is C15H24IN5O2S3.